The normalized spacial score (nSPS) is 12.9. The largest absolute Gasteiger partial charge is 0.508 e. The minimum atomic E-state index is -1.08. The summed E-state index contributed by atoms with van der Waals surface area (Å²) in [7, 11) is 1.57. The monoisotopic (exact) mass is 603 g/mol. The summed E-state index contributed by atoms with van der Waals surface area (Å²) in [5.74, 6) is -0.129. The minimum absolute atomic E-state index is 0.0835. The van der Waals surface area contributed by atoms with E-state index in [1.165, 1.54) is 12.1 Å². The number of hydrogen-bond donors (Lipinski definition) is 3. The van der Waals surface area contributed by atoms with Gasteiger partial charge >= 0.3 is 6.09 Å². The van der Waals surface area contributed by atoms with Gasteiger partial charge in [0.25, 0.3) is 5.91 Å². The highest BCUT2D eigenvalue weighted by Gasteiger charge is 2.43. The van der Waals surface area contributed by atoms with E-state index >= 15 is 0 Å². The third kappa shape index (κ3) is 9.23. The molecule has 0 radical (unpaired) electrons. The average Bonchev–Trinajstić information content (AvgIpc) is 2.95. The fraction of sp³-hybridized carbons (Fsp3) is 0.400. The van der Waals surface area contributed by atoms with E-state index in [0.717, 1.165) is 5.56 Å². The van der Waals surface area contributed by atoms with E-state index in [2.05, 4.69) is 10.6 Å². The molecule has 2 atom stereocenters. The molecule has 3 aromatic rings. The quantitative estimate of drug-likeness (QED) is 0.229. The molecule has 0 heterocycles. The number of carbonyl (C=O) groups is 3. The van der Waals surface area contributed by atoms with Gasteiger partial charge in [0, 0.05) is 17.6 Å². The Balaban J connectivity index is 2.13. The van der Waals surface area contributed by atoms with Crippen molar-refractivity contribution in [3.05, 3.63) is 89.5 Å². The van der Waals surface area contributed by atoms with Crippen LogP contribution in [0, 0.1) is 6.92 Å². The summed E-state index contributed by atoms with van der Waals surface area (Å²) >= 11 is 0. The van der Waals surface area contributed by atoms with Crippen molar-refractivity contribution in [2.75, 3.05) is 12.4 Å². The van der Waals surface area contributed by atoms with E-state index in [0.29, 0.717) is 29.0 Å². The zero-order valence-corrected chi connectivity index (χ0v) is 26.9. The molecule has 3 amide bonds. The minimum Gasteiger partial charge on any atom is -0.508 e. The Morgan fingerprint density at radius 2 is 1.57 bits per heavy atom. The third-order valence-electron chi connectivity index (χ3n) is 7.34. The molecule has 2 unspecified atom stereocenters. The van der Waals surface area contributed by atoms with Crippen LogP contribution in [0.5, 0.6) is 11.5 Å². The molecule has 44 heavy (non-hydrogen) atoms. The summed E-state index contributed by atoms with van der Waals surface area (Å²) < 4.78 is 10.8. The zero-order valence-electron chi connectivity index (χ0n) is 26.9. The molecule has 0 aliphatic rings. The molecule has 0 aliphatic carbocycles. The van der Waals surface area contributed by atoms with Crippen molar-refractivity contribution in [1.82, 2.24) is 10.2 Å². The van der Waals surface area contributed by atoms with E-state index in [4.69, 9.17) is 9.47 Å². The van der Waals surface area contributed by atoms with Crippen molar-refractivity contribution in [1.29, 1.82) is 0 Å². The molecule has 236 valence electrons. The molecule has 0 saturated carbocycles. The number of benzene rings is 3. The first-order valence-electron chi connectivity index (χ1n) is 14.8. The van der Waals surface area contributed by atoms with Crippen molar-refractivity contribution < 1.29 is 29.0 Å². The van der Waals surface area contributed by atoms with Gasteiger partial charge in [-0.15, -0.1) is 0 Å². The summed E-state index contributed by atoms with van der Waals surface area (Å²) in [5, 5.41) is 15.6. The summed E-state index contributed by atoms with van der Waals surface area (Å²) in [6, 6.07) is 18.8. The second-order valence-corrected chi connectivity index (χ2v) is 12.5. The van der Waals surface area contributed by atoms with Gasteiger partial charge in [0.2, 0.25) is 5.91 Å². The third-order valence-corrected chi connectivity index (χ3v) is 7.34. The van der Waals surface area contributed by atoms with E-state index in [1.807, 2.05) is 52.0 Å². The number of rotatable bonds is 11. The van der Waals surface area contributed by atoms with Gasteiger partial charge in [-0.1, -0.05) is 48.9 Å². The predicted molar refractivity (Wildman–Crippen MR) is 172 cm³/mol. The van der Waals surface area contributed by atoms with Crippen molar-refractivity contribution in [2.45, 2.75) is 84.5 Å². The molecule has 0 spiro atoms. The molecule has 0 aliphatic heterocycles. The predicted octanol–water partition coefficient (Wildman–Crippen LogP) is 6.54. The van der Waals surface area contributed by atoms with E-state index in [1.54, 1.807) is 69.2 Å². The number of aromatic hydroxyl groups is 1. The smallest absolute Gasteiger partial charge is 0.408 e. The number of alkyl carbamates (subject to hydrolysis) is 1. The standard InChI is InChI=1S/C35H45N3O6/c1-9-35(6,7)38(32(41)29(37-33(42)44-34(3,4)5)22-24-13-17-27(39)18-14-24)30(25-12-10-11-23(2)21-25)31(40)36-26-15-19-28(43-8)20-16-26/h10-21,29-30,39H,9,22H2,1-8H3,(H,36,40)(H,37,42). The number of phenols is 1. The maximum Gasteiger partial charge on any atom is 0.408 e. The average molecular weight is 604 g/mol. The van der Waals surface area contributed by atoms with Crippen LogP contribution in [0.2, 0.25) is 0 Å². The SMILES string of the molecule is CCC(C)(C)N(C(=O)C(Cc1ccc(O)cc1)NC(=O)OC(C)(C)C)C(C(=O)Nc1ccc(OC)cc1)c1cccc(C)c1. The van der Waals surface area contributed by atoms with E-state index < -0.39 is 41.1 Å². The molecule has 3 aromatic carbocycles. The second-order valence-electron chi connectivity index (χ2n) is 12.5. The molecule has 3 rings (SSSR count). The first kappa shape index (κ1) is 34.0. The number of amides is 3. The van der Waals surface area contributed by atoms with Crippen LogP contribution in [0.4, 0.5) is 10.5 Å². The maximum atomic E-state index is 14.8. The van der Waals surface area contributed by atoms with Crippen LogP contribution >= 0.6 is 0 Å². The molecule has 0 bridgehead atoms. The fourth-order valence-electron chi connectivity index (χ4n) is 4.77. The number of methoxy groups -OCH3 is 1. The van der Waals surface area contributed by atoms with Crippen LogP contribution in [-0.4, -0.2) is 52.2 Å². The van der Waals surface area contributed by atoms with E-state index in [-0.39, 0.29) is 12.2 Å². The van der Waals surface area contributed by atoms with Crippen LogP contribution in [-0.2, 0) is 20.7 Å². The first-order chi connectivity index (χ1) is 20.6. The number of carbonyl (C=O) groups excluding carboxylic acids is 3. The lowest BCUT2D eigenvalue weighted by Crippen LogP contribution is -2.59. The van der Waals surface area contributed by atoms with Crippen molar-refractivity contribution in [3.63, 3.8) is 0 Å². The van der Waals surface area contributed by atoms with Crippen LogP contribution in [0.25, 0.3) is 0 Å². The van der Waals surface area contributed by atoms with Crippen LogP contribution in [0.3, 0.4) is 0 Å². The van der Waals surface area contributed by atoms with Gasteiger partial charge in [0.1, 0.15) is 29.2 Å². The number of nitrogens with one attached hydrogen (secondary N) is 2. The summed E-state index contributed by atoms with van der Waals surface area (Å²) in [4.78, 5) is 43.6. The lowest BCUT2D eigenvalue weighted by atomic mass is 9.90. The van der Waals surface area contributed by atoms with Crippen LogP contribution in [0.15, 0.2) is 72.8 Å². The molecular weight excluding hydrogens is 558 g/mol. The fourth-order valence-corrected chi connectivity index (χ4v) is 4.77. The molecular formula is C35H45N3O6. The number of phenolic OH excluding ortho intramolecular Hbond substituents is 1. The number of ether oxygens (including phenoxy) is 2. The highest BCUT2D eigenvalue weighted by atomic mass is 16.6. The number of aryl methyl sites for hydroxylation is 1. The highest BCUT2D eigenvalue weighted by Crippen LogP contribution is 2.34. The van der Waals surface area contributed by atoms with Gasteiger partial charge in [-0.25, -0.2) is 4.79 Å². The Morgan fingerprint density at radius 3 is 2.11 bits per heavy atom. The first-order valence-corrected chi connectivity index (χ1v) is 14.8. The summed E-state index contributed by atoms with van der Waals surface area (Å²) in [6.45, 7) is 12.9. The maximum absolute atomic E-state index is 14.8. The lowest BCUT2D eigenvalue weighted by molar-refractivity contribution is -0.147. The van der Waals surface area contributed by atoms with Gasteiger partial charge in [-0.05, 0) is 95.5 Å². The summed E-state index contributed by atoms with van der Waals surface area (Å²) in [6.07, 6.45) is -0.122. The number of hydrogen-bond acceptors (Lipinski definition) is 6. The van der Waals surface area contributed by atoms with Crippen molar-refractivity contribution >= 4 is 23.6 Å². The van der Waals surface area contributed by atoms with Gasteiger partial charge in [0.15, 0.2) is 0 Å². The topological polar surface area (TPSA) is 117 Å². The van der Waals surface area contributed by atoms with E-state index in [9.17, 15) is 19.5 Å². The van der Waals surface area contributed by atoms with Gasteiger partial charge in [-0.3, -0.25) is 9.59 Å². The van der Waals surface area contributed by atoms with Crippen molar-refractivity contribution in [2.24, 2.45) is 0 Å². The second kappa shape index (κ2) is 14.3. The molecule has 3 N–H and O–H groups in total. The number of anilines is 1. The van der Waals surface area contributed by atoms with Crippen LogP contribution < -0.4 is 15.4 Å². The van der Waals surface area contributed by atoms with Gasteiger partial charge in [0.05, 0.1) is 7.11 Å². The molecule has 0 aromatic heterocycles. The molecule has 9 heteroatoms. The summed E-state index contributed by atoms with van der Waals surface area (Å²) in [5.41, 5.74) is 1.21. The Labute approximate surface area is 260 Å². The van der Waals surface area contributed by atoms with Crippen molar-refractivity contribution in [3.8, 4) is 11.5 Å². The highest BCUT2D eigenvalue weighted by molar-refractivity contribution is 5.99. The Bertz CT molecular complexity index is 1430. The Morgan fingerprint density at radius 1 is 0.932 bits per heavy atom. The Kier molecular flexibility index (Phi) is 11.0. The molecule has 0 fully saturated rings. The lowest BCUT2D eigenvalue weighted by Gasteiger charge is -2.44. The van der Waals surface area contributed by atoms with Crippen LogP contribution in [0.1, 0.15) is 70.7 Å². The van der Waals surface area contributed by atoms with Gasteiger partial charge < -0.3 is 30.1 Å². The Hall–Kier alpha value is -4.53. The molecule has 9 nitrogen and oxygen atoms in total. The van der Waals surface area contributed by atoms with Gasteiger partial charge in [-0.2, -0.15) is 0 Å². The zero-order chi connectivity index (χ0) is 32.7. The molecule has 0 saturated heterocycles. The number of nitrogens with zero attached hydrogens (tertiary/aromatic N) is 1.